The summed E-state index contributed by atoms with van der Waals surface area (Å²) in [5.41, 5.74) is 10.4. The maximum Gasteiger partial charge on any atom is 0.258 e. The number of aromatic nitrogens is 2. The minimum absolute atomic E-state index is 0.0549. The first kappa shape index (κ1) is 25.8. The minimum atomic E-state index is -0.141. The van der Waals surface area contributed by atoms with Gasteiger partial charge in [-0.1, -0.05) is 38.1 Å². The molecule has 1 amide bonds. The van der Waals surface area contributed by atoms with Gasteiger partial charge in [-0.3, -0.25) is 4.79 Å². The summed E-state index contributed by atoms with van der Waals surface area (Å²) in [6, 6.07) is 15.2. The Morgan fingerprint density at radius 1 is 1.16 bits per heavy atom. The van der Waals surface area contributed by atoms with Crippen LogP contribution in [-0.2, 0) is 22.7 Å². The van der Waals surface area contributed by atoms with Crippen LogP contribution >= 0.6 is 0 Å². The van der Waals surface area contributed by atoms with E-state index in [1.54, 1.807) is 0 Å². The lowest BCUT2D eigenvalue weighted by molar-refractivity contribution is -0.123. The van der Waals surface area contributed by atoms with E-state index >= 15 is 0 Å². The highest BCUT2D eigenvalue weighted by Gasteiger charge is 2.21. The minimum Gasteiger partial charge on any atom is -0.484 e. The van der Waals surface area contributed by atoms with Gasteiger partial charge in [0.25, 0.3) is 5.91 Å². The van der Waals surface area contributed by atoms with Gasteiger partial charge in [-0.25, -0.2) is 9.97 Å². The molecule has 0 bridgehead atoms. The molecule has 1 aromatic heterocycles. The maximum absolute atomic E-state index is 12.2. The molecule has 9 nitrogen and oxygen atoms in total. The highest BCUT2D eigenvalue weighted by molar-refractivity contribution is 6.08. The maximum atomic E-state index is 12.2. The SMILES string of the molecule is CCC(CC)NC(=O)COc1cccc(-c2nc3c(c(Nc4ccc(C(C=N)=CN)cc4)n2)COC3)c1. The van der Waals surface area contributed by atoms with E-state index in [9.17, 15) is 4.79 Å². The molecule has 5 N–H and O–H groups in total. The molecule has 0 fully saturated rings. The highest BCUT2D eigenvalue weighted by atomic mass is 16.5. The third-order valence-corrected chi connectivity index (χ3v) is 6.21. The second-order valence-electron chi connectivity index (χ2n) is 8.68. The largest absolute Gasteiger partial charge is 0.484 e. The van der Waals surface area contributed by atoms with Crippen molar-refractivity contribution in [2.45, 2.75) is 45.9 Å². The molecule has 0 aliphatic carbocycles. The summed E-state index contributed by atoms with van der Waals surface area (Å²) in [7, 11) is 0. The van der Waals surface area contributed by atoms with E-state index in [2.05, 4.69) is 10.6 Å². The van der Waals surface area contributed by atoms with Crippen molar-refractivity contribution >= 4 is 29.2 Å². The predicted octanol–water partition coefficient (Wildman–Crippen LogP) is 4.55. The van der Waals surface area contributed by atoms with E-state index in [1.807, 2.05) is 62.4 Å². The first-order chi connectivity index (χ1) is 18.0. The number of hydrogen-bond acceptors (Lipinski definition) is 8. The van der Waals surface area contributed by atoms with Crippen molar-refractivity contribution in [1.82, 2.24) is 15.3 Å². The van der Waals surface area contributed by atoms with Gasteiger partial charge in [0, 0.05) is 40.8 Å². The number of benzene rings is 2. The number of allylic oxidation sites excluding steroid dienone is 1. The Hall–Kier alpha value is -4.24. The standard InChI is InChI=1S/C28H32N6O3/c1-3-21(4-2)31-26(35)17-37-23-7-5-6-19(12-23)27-33-25-16-36-15-24(25)28(34-27)32-22-10-8-18(9-11-22)20(13-29)14-30/h5-14,21,29H,3-4,15-17,30H2,1-2H3,(H,31,35)(H,32,33,34). The van der Waals surface area contributed by atoms with Gasteiger partial charge in [-0.05, 0) is 42.7 Å². The van der Waals surface area contributed by atoms with Crippen LogP contribution in [0.4, 0.5) is 11.5 Å². The first-order valence-corrected chi connectivity index (χ1v) is 12.3. The number of rotatable bonds is 11. The van der Waals surface area contributed by atoms with Gasteiger partial charge in [0.05, 0.1) is 18.9 Å². The van der Waals surface area contributed by atoms with Crippen LogP contribution in [-0.4, -0.2) is 34.7 Å². The Labute approximate surface area is 216 Å². The molecule has 0 unspecified atom stereocenters. The smallest absolute Gasteiger partial charge is 0.258 e. The lowest BCUT2D eigenvalue weighted by Gasteiger charge is -2.15. The van der Waals surface area contributed by atoms with Crippen LogP contribution in [0.25, 0.3) is 17.0 Å². The number of hydrogen-bond donors (Lipinski definition) is 4. The zero-order valence-electron chi connectivity index (χ0n) is 21.1. The van der Waals surface area contributed by atoms with E-state index in [0.29, 0.717) is 36.2 Å². The average molecular weight is 501 g/mol. The molecule has 2 heterocycles. The molecule has 1 aliphatic heterocycles. The molecule has 1 aliphatic rings. The summed E-state index contributed by atoms with van der Waals surface area (Å²) in [6.45, 7) is 4.88. The molecule has 0 saturated carbocycles. The second-order valence-corrected chi connectivity index (χ2v) is 8.68. The molecule has 37 heavy (non-hydrogen) atoms. The van der Waals surface area contributed by atoms with Crippen molar-refractivity contribution in [3.05, 3.63) is 71.6 Å². The van der Waals surface area contributed by atoms with E-state index in [1.165, 1.54) is 12.4 Å². The third kappa shape index (κ3) is 6.31. The molecule has 2 aromatic carbocycles. The number of carbonyl (C=O) groups excluding carboxylic acids is 1. The lowest BCUT2D eigenvalue weighted by atomic mass is 10.1. The molecule has 3 aromatic rings. The summed E-state index contributed by atoms with van der Waals surface area (Å²) < 4.78 is 11.4. The van der Waals surface area contributed by atoms with Crippen molar-refractivity contribution in [2.24, 2.45) is 5.73 Å². The van der Waals surface area contributed by atoms with Crippen molar-refractivity contribution in [3.63, 3.8) is 0 Å². The van der Waals surface area contributed by atoms with Gasteiger partial charge < -0.3 is 31.3 Å². The van der Waals surface area contributed by atoms with Crippen LogP contribution in [0, 0.1) is 5.41 Å². The number of anilines is 2. The van der Waals surface area contributed by atoms with Gasteiger partial charge >= 0.3 is 0 Å². The Morgan fingerprint density at radius 3 is 2.65 bits per heavy atom. The summed E-state index contributed by atoms with van der Waals surface area (Å²) in [5, 5.41) is 13.8. The second kappa shape index (κ2) is 12.1. The highest BCUT2D eigenvalue weighted by Crippen LogP contribution is 2.31. The van der Waals surface area contributed by atoms with E-state index in [-0.39, 0.29) is 18.6 Å². The average Bonchev–Trinajstić information content (AvgIpc) is 3.41. The Kier molecular flexibility index (Phi) is 8.48. The zero-order valence-corrected chi connectivity index (χ0v) is 21.1. The Morgan fingerprint density at radius 2 is 1.95 bits per heavy atom. The number of carbonyl (C=O) groups is 1. The normalized spacial score (nSPS) is 12.8. The topological polar surface area (TPSA) is 135 Å². The van der Waals surface area contributed by atoms with Gasteiger partial charge in [0.2, 0.25) is 0 Å². The Balaban J connectivity index is 1.53. The monoisotopic (exact) mass is 500 g/mol. The molecule has 0 saturated heterocycles. The van der Waals surface area contributed by atoms with Crippen molar-refractivity contribution in [3.8, 4) is 17.1 Å². The van der Waals surface area contributed by atoms with Crippen LogP contribution < -0.4 is 21.1 Å². The summed E-state index contributed by atoms with van der Waals surface area (Å²) in [5.74, 6) is 1.63. The third-order valence-electron chi connectivity index (χ3n) is 6.21. The summed E-state index contributed by atoms with van der Waals surface area (Å²) in [4.78, 5) is 21.8. The number of fused-ring (bicyclic) bond motifs is 1. The van der Waals surface area contributed by atoms with E-state index in [0.717, 1.165) is 40.9 Å². The van der Waals surface area contributed by atoms with Gasteiger partial charge in [-0.15, -0.1) is 0 Å². The van der Waals surface area contributed by atoms with Crippen molar-refractivity contribution in [1.29, 1.82) is 5.41 Å². The number of amides is 1. The Bertz CT molecular complexity index is 1290. The van der Waals surface area contributed by atoms with E-state index < -0.39 is 0 Å². The van der Waals surface area contributed by atoms with Crippen LogP contribution in [0.3, 0.4) is 0 Å². The molecule has 9 heteroatoms. The van der Waals surface area contributed by atoms with E-state index in [4.69, 9.17) is 30.6 Å². The molecule has 0 radical (unpaired) electrons. The molecular weight excluding hydrogens is 468 g/mol. The number of nitrogens with zero attached hydrogens (tertiary/aromatic N) is 2. The number of ether oxygens (including phenoxy) is 2. The molecule has 192 valence electrons. The molecule has 0 spiro atoms. The fourth-order valence-electron chi connectivity index (χ4n) is 4.03. The first-order valence-electron chi connectivity index (χ1n) is 12.3. The van der Waals surface area contributed by atoms with Crippen molar-refractivity contribution in [2.75, 3.05) is 11.9 Å². The van der Waals surface area contributed by atoms with Crippen LogP contribution in [0.15, 0.2) is 54.7 Å². The summed E-state index contributed by atoms with van der Waals surface area (Å²) >= 11 is 0. The number of nitrogens with two attached hydrogens (primary N) is 1. The predicted molar refractivity (Wildman–Crippen MR) is 145 cm³/mol. The van der Waals surface area contributed by atoms with Gasteiger partial charge in [0.15, 0.2) is 12.4 Å². The lowest BCUT2D eigenvalue weighted by Crippen LogP contribution is -2.37. The molecule has 4 rings (SSSR count). The van der Waals surface area contributed by atoms with Crippen molar-refractivity contribution < 1.29 is 14.3 Å². The quantitative estimate of drug-likeness (QED) is 0.284. The zero-order chi connectivity index (χ0) is 26.2. The summed E-state index contributed by atoms with van der Waals surface area (Å²) in [6.07, 6.45) is 4.40. The van der Waals surface area contributed by atoms with Gasteiger partial charge in [-0.2, -0.15) is 0 Å². The fraction of sp³-hybridized carbons (Fsp3) is 0.286. The van der Waals surface area contributed by atoms with Crippen LogP contribution in [0.2, 0.25) is 0 Å². The van der Waals surface area contributed by atoms with Crippen LogP contribution in [0.5, 0.6) is 5.75 Å². The molecule has 0 atom stereocenters. The molecular formula is C28H32N6O3. The number of nitrogens with one attached hydrogen (secondary N) is 3. The van der Waals surface area contributed by atoms with Gasteiger partial charge in [0.1, 0.15) is 11.6 Å². The van der Waals surface area contributed by atoms with Crippen LogP contribution in [0.1, 0.15) is 43.5 Å². The fourth-order valence-corrected chi connectivity index (χ4v) is 4.03.